The van der Waals surface area contributed by atoms with Gasteiger partial charge in [0.15, 0.2) is 11.5 Å². The van der Waals surface area contributed by atoms with Gasteiger partial charge in [-0.15, -0.1) is 0 Å². The molecule has 0 saturated heterocycles. The lowest BCUT2D eigenvalue weighted by atomic mass is 10.2. The van der Waals surface area contributed by atoms with Gasteiger partial charge in [-0.1, -0.05) is 18.2 Å². The largest absolute Gasteiger partial charge is 0.454 e. The van der Waals surface area contributed by atoms with E-state index in [0.29, 0.717) is 23.0 Å². The van der Waals surface area contributed by atoms with E-state index in [4.69, 9.17) is 9.47 Å². The van der Waals surface area contributed by atoms with Crippen LogP contribution in [-0.4, -0.2) is 27.7 Å². The quantitative estimate of drug-likeness (QED) is 0.552. The van der Waals surface area contributed by atoms with Crippen molar-refractivity contribution < 1.29 is 14.3 Å². The topological polar surface area (TPSA) is 98.3 Å². The third-order valence-electron chi connectivity index (χ3n) is 4.43. The molecule has 8 heteroatoms. The van der Waals surface area contributed by atoms with Crippen molar-refractivity contribution in [3.05, 3.63) is 72.8 Å². The normalized spacial score (nSPS) is 12.0. The van der Waals surface area contributed by atoms with Gasteiger partial charge in [0.1, 0.15) is 17.8 Å². The van der Waals surface area contributed by atoms with E-state index in [0.717, 1.165) is 16.6 Å². The van der Waals surface area contributed by atoms with Gasteiger partial charge < -0.3 is 20.1 Å². The number of carbonyl (C=O) groups excluding carboxylic acids is 1. The average molecular weight is 385 g/mol. The van der Waals surface area contributed by atoms with E-state index in [2.05, 4.69) is 25.6 Å². The van der Waals surface area contributed by atoms with E-state index >= 15 is 0 Å². The first-order chi connectivity index (χ1) is 14.3. The highest BCUT2D eigenvalue weighted by Gasteiger charge is 2.15. The third kappa shape index (κ3) is 3.39. The molecule has 5 rings (SSSR count). The van der Waals surface area contributed by atoms with Gasteiger partial charge in [-0.2, -0.15) is 0 Å². The number of para-hydroxylation sites is 1. The van der Waals surface area contributed by atoms with E-state index < -0.39 is 0 Å². The molecule has 29 heavy (non-hydrogen) atoms. The molecule has 2 N–H and O–H groups in total. The smallest absolute Gasteiger partial charge is 0.274 e. The van der Waals surface area contributed by atoms with Crippen molar-refractivity contribution in [2.75, 3.05) is 17.4 Å². The van der Waals surface area contributed by atoms with Crippen molar-refractivity contribution in [1.29, 1.82) is 0 Å². The fourth-order valence-corrected chi connectivity index (χ4v) is 3.06. The van der Waals surface area contributed by atoms with Gasteiger partial charge in [0.2, 0.25) is 6.79 Å². The van der Waals surface area contributed by atoms with Crippen LogP contribution in [0.4, 0.5) is 17.2 Å². The molecule has 3 heterocycles. The van der Waals surface area contributed by atoms with E-state index in [1.807, 2.05) is 42.5 Å². The van der Waals surface area contributed by atoms with Crippen molar-refractivity contribution in [3.8, 4) is 11.5 Å². The molecule has 1 aliphatic rings. The molecular weight excluding hydrogens is 370 g/mol. The summed E-state index contributed by atoms with van der Waals surface area (Å²) in [5, 5.41) is 6.96. The number of pyridine rings is 1. The second-order valence-electron chi connectivity index (χ2n) is 6.32. The van der Waals surface area contributed by atoms with Gasteiger partial charge in [-0.3, -0.25) is 9.78 Å². The van der Waals surface area contributed by atoms with Gasteiger partial charge in [0.25, 0.3) is 5.91 Å². The number of hydrogen-bond acceptors (Lipinski definition) is 7. The Kier molecular flexibility index (Phi) is 4.14. The maximum absolute atomic E-state index is 12.7. The number of ether oxygens (including phenoxy) is 2. The van der Waals surface area contributed by atoms with Gasteiger partial charge in [0.05, 0.1) is 11.2 Å². The van der Waals surface area contributed by atoms with Crippen LogP contribution in [0.25, 0.3) is 10.9 Å². The zero-order valence-corrected chi connectivity index (χ0v) is 15.1. The lowest BCUT2D eigenvalue weighted by Crippen LogP contribution is -2.14. The minimum Gasteiger partial charge on any atom is -0.454 e. The standard InChI is InChI=1S/C21H15N5O3/c27-21(26-15-5-1-3-13-4-2-8-22-20(13)15)16-10-19(24-11-23-16)25-14-6-7-17-18(9-14)29-12-28-17/h1-11H,12H2,(H,26,27)(H,23,24,25). The minimum absolute atomic E-state index is 0.208. The lowest BCUT2D eigenvalue weighted by molar-refractivity contribution is 0.102. The molecule has 2 aromatic heterocycles. The Labute approximate surface area is 165 Å². The van der Waals surface area contributed by atoms with Gasteiger partial charge in [-0.05, 0) is 24.3 Å². The summed E-state index contributed by atoms with van der Waals surface area (Å²) in [6, 6.07) is 16.5. The maximum atomic E-state index is 12.7. The Balaban J connectivity index is 1.37. The summed E-state index contributed by atoms with van der Waals surface area (Å²) < 4.78 is 10.7. The number of nitrogens with zero attached hydrogens (tertiary/aromatic N) is 3. The fraction of sp³-hybridized carbons (Fsp3) is 0.0476. The van der Waals surface area contributed by atoms with Crippen molar-refractivity contribution >= 4 is 34.0 Å². The van der Waals surface area contributed by atoms with Crippen molar-refractivity contribution in [2.24, 2.45) is 0 Å². The molecule has 0 spiro atoms. The SMILES string of the molecule is O=C(Nc1cccc2cccnc12)c1cc(Nc2ccc3c(c2)OCO3)ncn1. The monoisotopic (exact) mass is 385 g/mol. The third-order valence-corrected chi connectivity index (χ3v) is 4.43. The predicted octanol–water partition coefficient (Wildman–Crippen LogP) is 3.75. The van der Waals surface area contributed by atoms with Gasteiger partial charge in [-0.25, -0.2) is 9.97 Å². The van der Waals surface area contributed by atoms with Gasteiger partial charge >= 0.3 is 0 Å². The van der Waals surface area contributed by atoms with E-state index in [-0.39, 0.29) is 18.4 Å². The Bertz CT molecular complexity index is 1220. The van der Waals surface area contributed by atoms with Crippen LogP contribution in [-0.2, 0) is 0 Å². The number of aromatic nitrogens is 3. The van der Waals surface area contributed by atoms with Crippen molar-refractivity contribution in [2.45, 2.75) is 0 Å². The summed E-state index contributed by atoms with van der Waals surface area (Å²) in [6.45, 7) is 0.208. The molecule has 1 aliphatic heterocycles. The van der Waals surface area contributed by atoms with E-state index in [1.165, 1.54) is 6.33 Å². The number of fused-ring (bicyclic) bond motifs is 2. The molecular formula is C21H15N5O3. The Morgan fingerprint density at radius 3 is 2.79 bits per heavy atom. The molecule has 0 atom stereocenters. The number of nitrogens with one attached hydrogen (secondary N) is 2. The van der Waals surface area contributed by atoms with Crippen LogP contribution in [0, 0.1) is 0 Å². The zero-order valence-electron chi connectivity index (χ0n) is 15.1. The van der Waals surface area contributed by atoms with Crippen molar-refractivity contribution in [1.82, 2.24) is 15.0 Å². The number of amides is 1. The number of benzene rings is 2. The van der Waals surface area contributed by atoms with Crippen molar-refractivity contribution in [3.63, 3.8) is 0 Å². The van der Waals surface area contributed by atoms with Crippen LogP contribution < -0.4 is 20.1 Å². The maximum Gasteiger partial charge on any atom is 0.274 e. The Hall–Kier alpha value is -4.20. The highest BCUT2D eigenvalue weighted by Crippen LogP contribution is 2.34. The summed E-state index contributed by atoms with van der Waals surface area (Å²) in [5.74, 6) is 1.49. The van der Waals surface area contributed by atoms with Crippen LogP contribution in [0.1, 0.15) is 10.5 Å². The Morgan fingerprint density at radius 1 is 0.931 bits per heavy atom. The number of anilines is 3. The fourth-order valence-electron chi connectivity index (χ4n) is 3.06. The highest BCUT2D eigenvalue weighted by atomic mass is 16.7. The predicted molar refractivity (Wildman–Crippen MR) is 108 cm³/mol. The zero-order chi connectivity index (χ0) is 19.6. The van der Waals surface area contributed by atoms with Crippen LogP contribution >= 0.6 is 0 Å². The Morgan fingerprint density at radius 2 is 1.83 bits per heavy atom. The molecule has 4 aromatic rings. The summed E-state index contributed by atoms with van der Waals surface area (Å²) in [5.41, 5.74) is 2.34. The van der Waals surface area contributed by atoms with Crippen LogP contribution in [0.5, 0.6) is 11.5 Å². The molecule has 0 saturated carbocycles. The summed E-state index contributed by atoms with van der Waals surface area (Å²) >= 11 is 0. The number of rotatable bonds is 4. The first-order valence-electron chi connectivity index (χ1n) is 8.90. The second kappa shape index (κ2) is 7.08. The van der Waals surface area contributed by atoms with E-state index in [9.17, 15) is 4.79 Å². The number of carbonyl (C=O) groups is 1. The van der Waals surface area contributed by atoms with Crippen LogP contribution in [0.2, 0.25) is 0 Å². The molecule has 0 bridgehead atoms. The molecule has 0 fully saturated rings. The lowest BCUT2D eigenvalue weighted by Gasteiger charge is -2.09. The summed E-state index contributed by atoms with van der Waals surface area (Å²) in [6.07, 6.45) is 3.03. The second-order valence-corrected chi connectivity index (χ2v) is 6.32. The molecule has 142 valence electrons. The van der Waals surface area contributed by atoms with Crippen LogP contribution in [0.15, 0.2) is 67.1 Å². The molecule has 8 nitrogen and oxygen atoms in total. The molecule has 0 radical (unpaired) electrons. The summed E-state index contributed by atoms with van der Waals surface area (Å²) in [4.78, 5) is 25.3. The summed E-state index contributed by atoms with van der Waals surface area (Å²) in [7, 11) is 0. The van der Waals surface area contributed by atoms with Gasteiger partial charge in [0, 0.05) is 29.4 Å². The first-order valence-corrected chi connectivity index (χ1v) is 8.90. The molecule has 1 amide bonds. The minimum atomic E-state index is -0.348. The molecule has 0 unspecified atom stereocenters. The highest BCUT2D eigenvalue weighted by molar-refractivity contribution is 6.07. The average Bonchev–Trinajstić information content (AvgIpc) is 3.22. The number of hydrogen-bond donors (Lipinski definition) is 2. The molecule has 0 aliphatic carbocycles. The van der Waals surface area contributed by atoms with E-state index in [1.54, 1.807) is 18.3 Å². The van der Waals surface area contributed by atoms with Crippen LogP contribution in [0.3, 0.4) is 0 Å². The molecule has 2 aromatic carbocycles. The first kappa shape index (κ1) is 16.9.